The lowest BCUT2D eigenvalue weighted by Gasteiger charge is -2.07. The molecule has 0 bridgehead atoms. The van der Waals surface area contributed by atoms with Gasteiger partial charge < -0.3 is 23.9 Å². The van der Waals surface area contributed by atoms with Crippen LogP contribution in [-0.4, -0.2) is 56.3 Å². The topological polar surface area (TPSA) is 95.7 Å². The molecule has 0 fully saturated rings. The van der Waals surface area contributed by atoms with E-state index in [1.165, 1.54) is 11.8 Å². The van der Waals surface area contributed by atoms with Gasteiger partial charge in [0.1, 0.15) is 0 Å². The number of thioether (sulfide) groups is 1. The summed E-state index contributed by atoms with van der Waals surface area (Å²) in [6.07, 6.45) is 0.775. The number of benzene rings is 1. The molecule has 0 aliphatic heterocycles. The normalized spacial score (nSPS) is 10.5. The van der Waals surface area contributed by atoms with Crippen molar-refractivity contribution in [3.8, 4) is 23.0 Å². The van der Waals surface area contributed by atoms with Crippen LogP contribution in [0.4, 0.5) is 0 Å². The average molecular weight is 367 g/mol. The first kappa shape index (κ1) is 19.1. The lowest BCUT2D eigenvalue weighted by Crippen LogP contribution is -2.26. The molecule has 0 atom stereocenters. The maximum atomic E-state index is 11.7. The van der Waals surface area contributed by atoms with E-state index < -0.39 is 0 Å². The molecule has 1 heterocycles. The van der Waals surface area contributed by atoms with Crippen LogP contribution in [0.3, 0.4) is 0 Å². The molecule has 0 aliphatic carbocycles. The van der Waals surface area contributed by atoms with Crippen molar-refractivity contribution in [2.75, 3.05) is 40.2 Å². The van der Waals surface area contributed by atoms with Crippen molar-refractivity contribution in [2.24, 2.45) is 0 Å². The molecule has 0 saturated carbocycles. The number of methoxy groups -OCH3 is 3. The van der Waals surface area contributed by atoms with Gasteiger partial charge in [-0.3, -0.25) is 4.79 Å². The Labute approximate surface area is 150 Å². The molecule has 25 heavy (non-hydrogen) atoms. The molecule has 136 valence electrons. The molecule has 8 nitrogen and oxygen atoms in total. The van der Waals surface area contributed by atoms with E-state index in [2.05, 4.69) is 15.5 Å². The second kappa shape index (κ2) is 9.90. The lowest BCUT2D eigenvalue weighted by atomic mass is 10.2. The van der Waals surface area contributed by atoms with Crippen LogP contribution in [0.1, 0.15) is 6.42 Å². The number of amides is 1. The first-order valence-electron chi connectivity index (χ1n) is 7.62. The predicted molar refractivity (Wildman–Crippen MR) is 93.1 cm³/mol. The zero-order valence-corrected chi connectivity index (χ0v) is 15.2. The van der Waals surface area contributed by atoms with Gasteiger partial charge in [0.15, 0.2) is 11.5 Å². The second-order valence-corrected chi connectivity index (χ2v) is 5.85. The van der Waals surface area contributed by atoms with Crippen molar-refractivity contribution in [3.05, 3.63) is 18.2 Å². The maximum Gasteiger partial charge on any atom is 0.277 e. The van der Waals surface area contributed by atoms with E-state index in [4.69, 9.17) is 18.6 Å². The number of hydrogen-bond donors (Lipinski definition) is 1. The largest absolute Gasteiger partial charge is 0.493 e. The molecular weight excluding hydrogens is 346 g/mol. The summed E-state index contributed by atoms with van der Waals surface area (Å²) in [5.41, 5.74) is 0.709. The van der Waals surface area contributed by atoms with Crippen LogP contribution >= 0.6 is 11.8 Å². The molecule has 1 aromatic heterocycles. The van der Waals surface area contributed by atoms with Crippen molar-refractivity contribution in [1.29, 1.82) is 0 Å². The van der Waals surface area contributed by atoms with Gasteiger partial charge in [0.05, 0.1) is 20.0 Å². The van der Waals surface area contributed by atoms with Crippen molar-refractivity contribution in [2.45, 2.75) is 11.6 Å². The molecule has 1 aromatic carbocycles. The summed E-state index contributed by atoms with van der Waals surface area (Å²) in [6, 6.07) is 5.31. The van der Waals surface area contributed by atoms with Crippen molar-refractivity contribution < 1.29 is 23.4 Å². The molecule has 0 radical (unpaired) electrons. The first-order chi connectivity index (χ1) is 12.2. The van der Waals surface area contributed by atoms with Gasteiger partial charge in [-0.15, -0.1) is 10.2 Å². The Hall–Kier alpha value is -2.26. The third kappa shape index (κ3) is 5.64. The summed E-state index contributed by atoms with van der Waals surface area (Å²) < 4.78 is 21.0. The van der Waals surface area contributed by atoms with E-state index in [-0.39, 0.29) is 11.7 Å². The molecule has 0 spiro atoms. The number of nitrogens with zero attached hydrogens (tertiary/aromatic N) is 2. The van der Waals surface area contributed by atoms with E-state index in [0.717, 1.165) is 6.42 Å². The SMILES string of the molecule is COCCCNC(=O)CSc1nnc(-c2ccc(OC)c(OC)c2)o1. The number of carbonyl (C=O) groups is 1. The van der Waals surface area contributed by atoms with Gasteiger partial charge in [-0.25, -0.2) is 0 Å². The highest BCUT2D eigenvalue weighted by molar-refractivity contribution is 7.99. The van der Waals surface area contributed by atoms with Crippen LogP contribution < -0.4 is 14.8 Å². The Bertz CT molecular complexity index is 692. The molecule has 1 N–H and O–H groups in total. The number of rotatable bonds is 10. The van der Waals surface area contributed by atoms with E-state index in [9.17, 15) is 4.79 Å². The molecule has 2 aromatic rings. The van der Waals surface area contributed by atoms with E-state index in [0.29, 0.717) is 41.3 Å². The van der Waals surface area contributed by atoms with E-state index >= 15 is 0 Å². The molecule has 1 amide bonds. The quantitative estimate of drug-likeness (QED) is 0.503. The third-order valence-corrected chi connectivity index (χ3v) is 4.03. The number of hydrogen-bond acceptors (Lipinski definition) is 8. The summed E-state index contributed by atoms with van der Waals surface area (Å²) >= 11 is 1.19. The van der Waals surface area contributed by atoms with Crippen molar-refractivity contribution in [1.82, 2.24) is 15.5 Å². The Morgan fingerprint density at radius 1 is 1.20 bits per heavy atom. The third-order valence-electron chi connectivity index (χ3n) is 3.21. The van der Waals surface area contributed by atoms with Gasteiger partial charge in [0.2, 0.25) is 11.8 Å². The van der Waals surface area contributed by atoms with Gasteiger partial charge in [-0.2, -0.15) is 0 Å². The smallest absolute Gasteiger partial charge is 0.277 e. The number of ether oxygens (including phenoxy) is 3. The van der Waals surface area contributed by atoms with Gasteiger partial charge >= 0.3 is 0 Å². The molecule has 0 saturated heterocycles. The summed E-state index contributed by atoms with van der Waals surface area (Å²) in [7, 11) is 4.75. The fourth-order valence-corrected chi connectivity index (χ4v) is 2.57. The zero-order valence-electron chi connectivity index (χ0n) is 14.4. The Balaban J connectivity index is 1.90. The zero-order chi connectivity index (χ0) is 18.1. The Kier molecular flexibility index (Phi) is 7.55. The van der Waals surface area contributed by atoms with Gasteiger partial charge in [0, 0.05) is 25.8 Å². The van der Waals surface area contributed by atoms with Crippen LogP contribution in [0.15, 0.2) is 27.8 Å². The first-order valence-corrected chi connectivity index (χ1v) is 8.60. The predicted octanol–water partition coefficient (Wildman–Crippen LogP) is 2.00. The standard InChI is InChI=1S/C16H21N3O5S/c1-21-8-4-7-17-14(20)10-25-16-19-18-15(24-16)11-5-6-12(22-2)13(9-11)23-3/h5-6,9H,4,7-8,10H2,1-3H3,(H,17,20). The minimum atomic E-state index is -0.0908. The summed E-state index contributed by atoms with van der Waals surface area (Å²) in [4.78, 5) is 11.7. The fourth-order valence-electron chi connectivity index (χ4n) is 1.98. The van der Waals surface area contributed by atoms with Crippen LogP contribution in [0.2, 0.25) is 0 Å². The van der Waals surface area contributed by atoms with Gasteiger partial charge in [-0.05, 0) is 24.6 Å². The van der Waals surface area contributed by atoms with Crippen LogP contribution in [0.25, 0.3) is 11.5 Å². The number of nitrogens with one attached hydrogen (secondary N) is 1. The Morgan fingerprint density at radius 3 is 2.72 bits per heavy atom. The minimum absolute atomic E-state index is 0.0908. The van der Waals surface area contributed by atoms with Gasteiger partial charge in [0.25, 0.3) is 5.22 Å². The Morgan fingerprint density at radius 2 is 2.00 bits per heavy atom. The number of aromatic nitrogens is 2. The number of carbonyl (C=O) groups excluding carboxylic acids is 1. The fraction of sp³-hybridized carbons (Fsp3) is 0.438. The molecule has 0 unspecified atom stereocenters. The molecular formula is C16H21N3O5S. The summed E-state index contributed by atoms with van der Waals surface area (Å²) in [5.74, 6) is 1.66. The molecule has 0 aliphatic rings. The highest BCUT2D eigenvalue weighted by Gasteiger charge is 2.13. The van der Waals surface area contributed by atoms with E-state index in [1.807, 2.05) is 0 Å². The highest BCUT2D eigenvalue weighted by atomic mass is 32.2. The average Bonchev–Trinajstić information content (AvgIpc) is 3.12. The highest BCUT2D eigenvalue weighted by Crippen LogP contribution is 2.32. The maximum absolute atomic E-state index is 11.7. The van der Waals surface area contributed by atoms with Crippen LogP contribution in [0.5, 0.6) is 11.5 Å². The summed E-state index contributed by atoms with van der Waals surface area (Å²) in [6.45, 7) is 1.19. The van der Waals surface area contributed by atoms with E-state index in [1.54, 1.807) is 39.5 Å². The second-order valence-electron chi connectivity index (χ2n) is 4.93. The van der Waals surface area contributed by atoms with Crippen LogP contribution in [-0.2, 0) is 9.53 Å². The lowest BCUT2D eigenvalue weighted by molar-refractivity contribution is -0.118. The summed E-state index contributed by atoms with van der Waals surface area (Å²) in [5, 5.41) is 11.1. The van der Waals surface area contributed by atoms with Crippen LogP contribution in [0, 0.1) is 0 Å². The van der Waals surface area contributed by atoms with Gasteiger partial charge in [-0.1, -0.05) is 11.8 Å². The molecule has 2 rings (SSSR count). The minimum Gasteiger partial charge on any atom is -0.493 e. The van der Waals surface area contributed by atoms with Crippen molar-refractivity contribution in [3.63, 3.8) is 0 Å². The monoisotopic (exact) mass is 367 g/mol. The van der Waals surface area contributed by atoms with Crippen molar-refractivity contribution >= 4 is 17.7 Å². The molecule has 9 heteroatoms.